The molecular formula is C30H31NO3. The van der Waals surface area contributed by atoms with Crippen LogP contribution in [0.2, 0.25) is 0 Å². The van der Waals surface area contributed by atoms with Gasteiger partial charge in [0.1, 0.15) is 18.1 Å². The molecular weight excluding hydrogens is 422 g/mol. The molecule has 0 aliphatic carbocycles. The summed E-state index contributed by atoms with van der Waals surface area (Å²) in [4.78, 5) is 12.9. The number of rotatable bonds is 10. The normalized spacial score (nSPS) is 11.7. The molecule has 0 saturated heterocycles. The minimum Gasteiger partial charge on any atom is -0.493 e. The lowest BCUT2D eigenvalue weighted by Gasteiger charge is -2.16. The van der Waals surface area contributed by atoms with Crippen LogP contribution in [-0.2, 0) is 13.0 Å². The van der Waals surface area contributed by atoms with Gasteiger partial charge in [-0.3, -0.25) is 4.79 Å². The van der Waals surface area contributed by atoms with Gasteiger partial charge in [0.05, 0.1) is 6.61 Å². The number of carbonyl (C=O) groups excluding carboxylic acids is 1. The molecule has 0 saturated carbocycles. The molecule has 174 valence electrons. The smallest absolute Gasteiger partial charge is 0.251 e. The van der Waals surface area contributed by atoms with Gasteiger partial charge in [-0.1, -0.05) is 60.7 Å². The Morgan fingerprint density at radius 1 is 0.853 bits per heavy atom. The van der Waals surface area contributed by atoms with Crippen LogP contribution < -0.4 is 14.8 Å². The van der Waals surface area contributed by atoms with Gasteiger partial charge < -0.3 is 14.8 Å². The molecule has 4 aromatic rings. The van der Waals surface area contributed by atoms with E-state index in [2.05, 4.69) is 35.6 Å². The summed E-state index contributed by atoms with van der Waals surface area (Å²) in [6.45, 7) is 4.85. The Hall–Kier alpha value is -3.79. The van der Waals surface area contributed by atoms with Gasteiger partial charge in [-0.2, -0.15) is 0 Å². The number of aryl methyl sites for hydroxylation is 1. The van der Waals surface area contributed by atoms with Crippen molar-refractivity contribution in [2.75, 3.05) is 6.61 Å². The van der Waals surface area contributed by atoms with Gasteiger partial charge in [-0.25, -0.2) is 0 Å². The van der Waals surface area contributed by atoms with E-state index in [-0.39, 0.29) is 11.9 Å². The van der Waals surface area contributed by atoms with Gasteiger partial charge in [0.2, 0.25) is 0 Å². The van der Waals surface area contributed by atoms with Crippen molar-refractivity contribution in [3.05, 3.63) is 108 Å². The predicted octanol–water partition coefficient (Wildman–Crippen LogP) is 6.57. The van der Waals surface area contributed by atoms with Crippen molar-refractivity contribution in [2.45, 2.75) is 39.3 Å². The average molecular weight is 454 g/mol. The minimum absolute atomic E-state index is 0.0663. The van der Waals surface area contributed by atoms with Gasteiger partial charge in [-0.05, 0) is 73.4 Å². The lowest BCUT2D eigenvalue weighted by atomic mass is 10.1. The maximum Gasteiger partial charge on any atom is 0.251 e. The molecule has 4 nitrogen and oxygen atoms in total. The van der Waals surface area contributed by atoms with Gasteiger partial charge in [0.25, 0.3) is 5.91 Å². The van der Waals surface area contributed by atoms with Gasteiger partial charge in [0, 0.05) is 17.2 Å². The maximum atomic E-state index is 12.9. The molecule has 0 aliphatic rings. The van der Waals surface area contributed by atoms with Crippen LogP contribution in [0.4, 0.5) is 0 Å². The average Bonchev–Trinajstić information content (AvgIpc) is 2.87. The number of hydrogen-bond donors (Lipinski definition) is 1. The molecule has 4 heteroatoms. The second-order valence-corrected chi connectivity index (χ2v) is 8.45. The van der Waals surface area contributed by atoms with Gasteiger partial charge >= 0.3 is 0 Å². The van der Waals surface area contributed by atoms with Crippen LogP contribution in [0.1, 0.15) is 41.8 Å². The lowest BCUT2D eigenvalue weighted by molar-refractivity contribution is 0.0938. The molecule has 0 spiro atoms. The number of ether oxygens (including phenoxy) is 2. The minimum atomic E-state index is -0.0874. The Morgan fingerprint density at radius 3 is 2.41 bits per heavy atom. The highest BCUT2D eigenvalue weighted by molar-refractivity contribution is 5.94. The molecule has 34 heavy (non-hydrogen) atoms. The summed E-state index contributed by atoms with van der Waals surface area (Å²) in [7, 11) is 0. The number of benzene rings is 4. The van der Waals surface area contributed by atoms with E-state index in [9.17, 15) is 4.79 Å². The van der Waals surface area contributed by atoms with Crippen molar-refractivity contribution < 1.29 is 14.3 Å². The summed E-state index contributed by atoms with van der Waals surface area (Å²) in [6.07, 6.45) is 1.81. The topological polar surface area (TPSA) is 47.6 Å². The largest absolute Gasteiger partial charge is 0.493 e. The molecule has 0 unspecified atom stereocenters. The number of fused-ring (bicyclic) bond motifs is 1. The van der Waals surface area contributed by atoms with Crippen molar-refractivity contribution in [2.24, 2.45) is 0 Å². The summed E-state index contributed by atoms with van der Waals surface area (Å²) in [5.74, 6) is 1.43. The van der Waals surface area contributed by atoms with Gasteiger partial charge in [0.15, 0.2) is 0 Å². The van der Waals surface area contributed by atoms with E-state index in [1.165, 1.54) is 10.9 Å². The Bertz CT molecular complexity index is 1240. The predicted molar refractivity (Wildman–Crippen MR) is 138 cm³/mol. The summed E-state index contributed by atoms with van der Waals surface area (Å²) in [5.41, 5.74) is 2.73. The van der Waals surface area contributed by atoms with Crippen LogP contribution in [0.5, 0.6) is 11.5 Å². The summed E-state index contributed by atoms with van der Waals surface area (Å²) >= 11 is 0. The van der Waals surface area contributed by atoms with E-state index >= 15 is 0 Å². The zero-order valence-corrected chi connectivity index (χ0v) is 19.8. The molecule has 1 N–H and O–H groups in total. The fourth-order valence-electron chi connectivity index (χ4n) is 3.96. The summed E-state index contributed by atoms with van der Waals surface area (Å²) in [5, 5.41) is 5.42. The van der Waals surface area contributed by atoms with E-state index < -0.39 is 0 Å². The lowest BCUT2D eigenvalue weighted by Crippen LogP contribution is -2.33. The van der Waals surface area contributed by atoms with Crippen LogP contribution in [0.15, 0.2) is 91.0 Å². The molecule has 4 aromatic carbocycles. The molecule has 4 rings (SSSR count). The highest BCUT2D eigenvalue weighted by Crippen LogP contribution is 2.25. The third-order valence-electron chi connectivity index (χ3n) is 5.82. The van der Waals surface area contributed by atoms with Crippen LogP contribution >= 0.6 is 0 Å². The summed E-state index contributed by atoms with van der Waals surface area (Å²) in [6, 6.07) is 30.2. The molecule has 1 amide bonds. The zero-order chi connectivity index (χ0) is 23.8. The van der Waals surface area contributed by atoms with E-state index in [0.717, 1.165) is 35.3 Å². The Kier molecular flexibility index (Phi) is 7.82. The Morgan fingerprint density at radius 2 is 1.62 bits per heavy atom. The Balaban J connectivity index is 1.42. The molecule has 0 aromatic heterocycles. The molecule has 0 aliphatic heterocycles. The first-order chi connectivity index (χ1) is 16.6. The first kappa shape index (κ1) is 23.4. The van der Waals surface area contributed by atoms with Crippen molar-refractivity contribution in [3.63, 3.8) is 0 Å². The molecule has 0 bridgehead atoms. The van der Waals surface area contributed by atoms with Crippen molar-refractivity contribution in [3.8, 4) is 11.5 Å². The SMILES string of the molecule is CCOc1ccc(C(=O)N[C@H](C)CCc2ccccc2)cc1COc1ccc2ccccc2c1. The number of amides is 1. The fraction of sp³-hybridized carbons (Fsp3) is 0.233. The van der Waals surface area contributed by atoms with Crippen LogP contribution in [0.3, 0.4) is 0 Å². The van der Waals surface area contributed by atoms with Crippen LogP contribution in [0, 0.1) is 0 Å². The van der Waals surface area contributed by atoms with E-state index in [0.29, 0.717) is 18.8 Å². The first-order valence-corrected chi connectivity index (χ1v) is 11.8. The molecule has 0 fully saturated rings. The van der Waals surface area contributed by atoms with E-state index in [1.54, 1.807) is 0 Å². The summed E-state index contributed by atoms with van der Waals surface area (Å²) < 4.78 is 11.9. The standard InChI is InChI=1S/C30H31NO3/c1-3-33-29-18-16-26(30(32)31-22(2)13-14-23-9-5-4-6-10-23)19-27(29)21-34-28-17-15-24-11-7-8-12-25(24)20-28/h4-12,15-20,22H,3,13-14,21H2,1-2H3,(H,31,32)/t22-/m1/s1. The number of hydrogen-bond acceptors (Lipinski definition) is 3. The van der Waals surface area contributed by atoms with Crippen LogP contribution in [-0.4, -0.2) is 18.6 Å². The van der Waals surface area contributed by atoms with Crippen molar-refractivity contribution in [1.82, 2.24) is 5.32 Å². The quantitative estimate of drug-likeness (QED) is 0.295. The highest BCUT2D eigenvalue weighted by Gasteiger charge is 2.14. The Labute approximate surface area is 201 Å². The van der Waals surface area contributed by atoms with E-state index in [1.807, 2.05) is 74.5 Å². The maximum absolute atomic E-state index is 12.9. The fourth-order valence-corrected chi connectivity index (χ4v) is 3.96. The first-order valence-electron chi connectivity index (χ1n) is 11.8. The zero-order valence-electron chi connectivity index (χ0n) is 19.8. The molecule has 1 atom stereocenters. The molecule has 0 radical (unpaired) electrons. The van der Waals surface area contributed by atoms with E-state index in [4.69, 9.17) is 9.47 Å². The van der Waals surface area contributed by atoms with Crippen LogP contribution in [0.25, 0.3) is 10.8 Å². The second-order valence-electron chi connectivity index (χ2n) is 8.45. The number of nitrogens with one attached hydrogen (secondary N) is 1. The van der Waals surface area contributed by atoms with Crippen molar-refractivity contribution >= 4 is 16.7 Å². The third kappa shape index (κ3) is 6.16. The monoisotopic (exact) mass is 453 g/mol. The third-order valence-corrected chi connectivity index (χ3v) is 5.82. The molecule has 0 heterocycles. The second kappa shape index (κ2) is 11.4. The number of carbonyl (C=O) groups is 1. The highest BCUT2D eigenvalue weighted by atomic mass is 16.5. The van der Waals surface area contributed by atoms with Crippen molar-refractivity contribution in [1.29, 1.82) is 0 Å². The van der Waals surface area contributed by atoms with Gasteiger partial charge in [-0.15, -0.1) is 0 Å².